The van der Waals surface area contributed by atoms with Gasteiger partial charge in [-0.3, -0.25) is 4.79 Å². The van der Waals surface area contributed by atoms with Gasteiger partial charge < -0.3 is 4.74 Å². The molecule has 4 heteroatoms. The SMILES string of the molecule is O=C(Cc1ccc(Cl)s1)C1CCCCO1. The average molecular weight is 245 g/mol. The van der Waals surface area contributed by atoms with Gasteiger partial charge in [-0.05, 0) is 31.4 Å². The maximum atomic E-state index is 11.8. The van der Waals surface area contributed by atoms with Crippen molar-refractivity contribution >= 4 is 28.7 Å². The Morgan fingerprint density at radius 3 is 3.00 bits per heavy atom. The summed E-state index contributed by atoms with van der Waals surface area (Å²) in [5.74, 6) is 0.188. The zero-order valence-electron chi connectivity index (χ0n) is 8.37. The molecule has 1 saturated heterocycles. The highest BCUT2D eigenvalue weighted by molar-refractivity contribution is 7.16. The van der Waals surface area contributed by atoms with Crippen LogP contribution in [-0.4, -0.2) is 18.5 Å². The molecule has 1 aliphatic heterocycles. The van der Waals surface area contributed by atoms with Crippen LogP contribution in [0.5, 0.6) is 0 Å². The van der Waals surface area contributed by atoms with Crippen molar-refractivity contribution in [2.45, 2.75) is 31.8 Å². The molecule has 0 bridgehead atoms. The third-order valence-electron chi connectivity index (χ3n) is 2.52. The molecular weight excluding hydrogens is 232 g/mol. The molecule has 1 unspecified atom stereocenters. The second-order valence-electron chi connectivity index (χ2n) is 3.70. The van der Waals surface area contributed by atoms with Gasteiger partial charge in [0, 0.05) is 17.9 Å². The van der Waals surface area contributed by atoms with E-state index in [9.17, 15) is 4.79 Å². The summed E-state index contributed by atoms with van der Waals surface area (Å²) in [5, 5.41) is 0. The van der Waals surface area contributed by atoms with Gasteiger partial charge >= 0.3 is 0 Å². The van der Waals surface area contributed by atoms with E-state index in [0.717, 1.165) is 35.1 Å². The largest absolute Gasteiger partial charge is 0.370 e. The topological polar surface area (TPSA) is 26.3 Å². The first-order valence-corrected chi connectivity index (χ1v) is 6.33. The standard InChI is InChI=1S/C11H13ClO2S/c12-11-5-4-8(15-11)7-9(13)10-3-1-2-6-14-10/h4-5,10H,1-3,6-7H2. The maximum Gasteiger partial charge on any atom is 0.166 e. The van der Waals surface area contributed by atoms with Gasteiger partial charge in [-0.25, -0.2) is 0 Å². The van der Waals surface area contributed by atoms with E-state index in [-0.39, 0.29) is 11.9 Å². The Morgan fingerprint density at radius 2 is 2.40 bits per heavy atom. The lowest BCUT2D eigenvalue weighted by molar-refractivity contribution is -0.132. The Bertz CT molecular complexity index is 342. The molecule has 82 valence electrons. The highest BCUT2D eigenvalue weighted by atomic mass is 35.5. The lowest BCUT2D eigenvalue weighted by Crippen LogP contribution is -2.29. The number of rotatable bonds is 3. The molecular formula is C11H13ClO2S. The summed E-state index contributed by atoms with van der Waals surface area (Å²) in [6.45, 7) is 0.724. The summed E-state index contributed by atoms with van der Waals surface area (Å²) in [7, 11) is 0. The Labute approximate surface area is 98.2 Å². The van der Waals surface area contributed by atoms with Crippen LogP contribution in [0.3, 0.4) is 0 Å². The normalized spacial score (nSPS) is 21.5. The summed E-state index contributed by atoms with van der Waals surface area (Å²) < 4.78 is 6.18. The molecule has 0 aromatic carbocycles. The highest BCUT2D eigenvalue weighted by Gasteiger charge is 2.22. The molecule has 2 nitrogen and oxygen atoms in total. The van der Waals surface area contributed by atoms with Gasteiger partial charge in [-0.15, -0.1) is 11.3 Å². The van der Waals surface area contributed by atoms with Crippen LogP contribution in [0.1, 0.15) is 24.1 Å². The first kappa shape index (κ1) is 11.1. The van der Waals surface area contributed by atoms with E-state index in [1.807, 2.05) is 12.1 Å². The predicted molar refractivity (Wildman–Crippen MR) is 61.6 cm³/mol. The van der Waals surface area contributed by atoms with E-state index >= 15 is 0 Å². The zero-order chi connectivity index (χ0) is 10.7. The summed E-state index contributed by atoms with van der Waals surface area (Å²) in [4.78, 5) is 12.8. The minimum atomic E-state index is -0.181. The molecule has 1 aromatic heterocycles. The number of halogens is 1. The van der Waals surface area contributed by atoms with E-state index in [1.54, 1.807) is 0 Å². The molecule has 1 aliphatic rings. The smallest absolute Gasteiger partial charge is 0.166 e. The number of carbonyl (C=O) groups excluding carboxylic acids is 1. The van der Waals surface area contributed by atoms with Crippen LogP contribution >= 0.6 is 22.9 Å². The van der Waals surface area contributed by atoms with Gasteiger partial charge in [-0.1, -0.05) is 11.6 Å². The monoisotopic (exact) mass is 244 g/mol. The van der Waals surface area contributed by atoms with Crippen LogP contribution in [-0.2, 0) is 16.0 Å². The second kappa shape index (κ2) is 5.10. The molecule has 0 saturated carbocycles. The van der Waals surface area contributed by atoms with E-state index in [4.69, 9.17) is 16.3 Å². The van der Waals surface area contributed by atoms with Crippen molar-refractivity contribution in [2.24, 2.45) is 0 Å². The van der Waals surface area contributed by atoms with Crippen molar-refractivity contribution in [2.75, 3.05) is 6.61 Å². The number of Topliss-reactive ketones (excluding diaryl/α,β-unsaturated/α-hetero) is 1. The van der Waals surface area contributed by atoms with Crippen LogP contribution < -0.4 is 0 Å². The number of hydrogen-bond donors (Lipinski definition) is 0. The number of ketones is 1. The fourth-order valence-electron chi connectivity index (χ4n) is 1.73. The highest BCUT2D eigenvalue weighted by Crippen LogP contribution is 2.23. The maximum absolute atomic E-state index is 11.8. The number of hydrogen-bond acceptors (Lipinski definition) is 3. The first-order chi connectivity index (χ1) is 7.25. The molecule has 0 N–H and O–H groups in total. The molecule has 15 heavy (non-hydrogen) atoms. The van der Waals surface area contributed by atoms with Gasteiger partial charge in [0.25, 0.3) is 0 Å². The van der Waals surface area contributed by atoms with Gasteiger partial charge in [0.15, 0.2) is 5.78 Å². The van der Waals surface area contributed by atoms with Crippen molar-refractivity contribution < 1.29 is 9.53 Å². The lowest BCUT2D eigenvalue weighted by Gasteiger charge is -2.20. The molecule has 0 amide bonds. The van der Waals surface area contributed by atoms with Crippen LogP contribution in [0.2, 0.25) is 4.34 Å². The van der Waals surface area contributed by atoms with Crippen molar-refractivity contribution in [3.8, 4) is 0 Å². The van der Waals surface area contributed by atoms with Gasteiger partial charge in [0.2, 0.25) is 0 Å². The van der Waals surface area contributed by atoms with E-state index in [0.29, 0.717) is 6.42 Å². The lowest BCUT2D eigenvalue weighted by atomic mass is 10.0. The summed E-state index contributed by atoms with van der Waals surface area (Å²) in [6.07, 6.45) is 3.33. The minimum absolute atomic E-state index is 0.181. The van der Waals surface area contributed by atoms with Gasteiger partial charge in [0.1, 0.15) is 6.10 Å². The molecule has 1 fully saturated rings. The minimum Gasteiger partial charge on any atom is -0.370 e. The Morgan fingerprint density at radius 1 is 1.53 bits per heavy atom. The Hall–Kier alpha value is -0.380. The van der Waals surface area contributed by atoms with Crippen LogP contribution in [0, 0.1) is 0 Å². The van der Waals surface area contributed by atoms with Crippen molar-refractivity contribution in [1.29, 1.82) is 0 Å². The molecule has 0 radical (unpaired) electrons. The fraction of sp³-hybridized carbons (Fsp3) is 0.545. The molecule has 0 spiro atoms. The van der Waals surface area contributed by atoms with Crippen LogP contribution in [0.4, 0.5) is 0 Å². The Kier molecular flexibility index (Phi) is 3.78. The quantitative estimate of drug-likeness (QED) is 0.817. The van der Waals surface area contributed by atoms with Crippen molar-refractivity contribution in [1.82, 2.24) is 0 Å². The summed E-state index contributed by atoms with van der Waals surface area (Å²) in [6, 6.07) is 3.74. The summed E-state index contributed by atoms with van der Waals surface area (Å²) >= 11 is 7.27. The number of ether oxygens (including phenoxy) is 1. The zero-order valence-corrected chi connectivity index (χ0v) is 9.94. The molecule has 0 aliphatic carbocycles. The molecule has 2 heterocycles. The van der Waals surface area contributed by atoms with Crippen molar-refractivity contribution in [3.63, 3.8) is 0 Å². The third-order valence-corrected chi connectivity index (χ3v) is 3.75. The number of thiophene rings is 1. The third kappa shape index (κ3) is 3.03. The Balaban J connectivity index is 1.91. The fourth-order valence-corrected chi connectivity index (χ4v) is 2.82. The van der Waals surface area contributed by atoms with Gasteiger partial charge in [0.05, 0.1) is 4.34 Å². The molecule has 2 rings (SSSR count). The molecule has 1 atom stereocenters. The summed E-state index contributed by atoms with van der Waals surface area (Å²) in [5.41, 5.74) is 0. The van der Waals surface area contributed by atoms with Crippen LogP contribution in [0.15, 0.2) is 12.1 Å². The molecule has 1 aromatic rings. The second-order valence-corrected chi connectivity index (χ2v) is 5.50. The van der Waals surface area contributed by atoms with E-state index in [1.165, 1.54) is 11.3 Å². The van der Waals surface area contributed by atoms with Gasteiger partial charge in [-0.2, -0.15) is 0 Å². The van der Waals surface area contributed by atoms with Crippen LogP contribution in [0.25, 0.3) is 0 Å². The first-order valence-electron chi connectivity index (χ1n) is 5.14. The van der Waals surface area contributed by atoms with E-state index < -0.39 is 0 Å². The van der Waals surface area contributed by atoms with E-state index in [2.05, 4.69) is 0 Å². The predicted octanol–water partition coefficient (Wildman–Crippen LogP) is 3.08. The average Bonchev–Trinajstić information content (AvgIpc) is 2.65. The number of carbonyl (C=O) groups is 1. The van der Waals surface area contributed by atoms with Crippen molar-refractivity contribution in [3.05, 3.63) is 21.3 Å².